The Balaban J connectivity index is 1.56. The van der Waals surface area contributed by atoms with Crippen molar-refractivity contribution in [3.05, 3.63) is 84.2 Å². The zero-order valence-corrected chi connectivity index (χ0v) is 19.6. The van der Waals surface area contributed by atoms with E-state index < -0.39 is 31.8 Å². The molecule has 0 saturated carbocycles. The predicted molar refractivity (Wildman–Crippen MR) is 126 cm³/mol. The number of rotatable bonds is 7. The number of carbonyl (C=O) groups is 1. The van der Waals surface area contributed by atoms with Crippen LogP contribution in [0.4, 0.5) is 15.8 Å². The number of carbonyl (C=O) groups excluding carboxylic acids is 1. The van der Waals surface area contributed by atoms with Crippen molar-refractivity contribution in [1.82, 2.24) is 4.31 Å². The molecule has 0 bridgehead atoms. The lowest BCUT2D eigenvalue weighted by molar-refractivity contribution is 0.102. The van der Waals surface area contributed by atoms with E-state index in [-0.39, 0.29) is 26.7 Å². The van der Waals surface area contributed by atoms with Crippen LogP contribution >= 0.6 is 0 Å². The van der Waals surface area contributed by atoms with E-state index in [4.69, 9.17) is 0 Å². The van der Waals surface area contributed by atoms with Gasteiger partial charge in [-0.1, -0.05) is 18.2 Å². The molecule has 0 radical (unpaired) electrons. The number of amides is 1. The molecule has 4 rings (SSSR count). The summed E-state index contributed by atoms with van der Waals surface area (Å²) in [6.07, 6.45) is 1.61. The molecular formula is C23H22FN3O5S2. The van der Waals surface area contributed by atoms with Gasteiger partial charge in [-0.15, -0.1) is 0 Å². The summed E-state index contributed by atoms with van der Waals surface area (Å²) < 4.78 is 67.9. The van der Waals surface area contributed by atoms with E-state index in [1.165, 1.54) is 34.6 Å². The van der Waals surface area contributed by atoms with Crippen LogP contribution in [0, 0.1) is 5.82 Å². The monoisotopic (exact) mass is 503 g/mol. The van der Waals surface area contributed by atoms with Crippen LogP contribution in [0.15, 0.2) is 82.6 Å². The number of para-hydroxylation sites is 1. The fourth-order valence-corrected chi connectivity index (χ4v) is 6.24. The van der Waals surface area contributed by atoms with E-state index >= 15 is 0 Å². The number of anilines is 2. The van der Waals surface area contributed by atoms with Gasteiger partial charge in [-0.2, -0.15) is 4.31 Å². The Hall–Kier alpha value is -3.28. The first-order chi connectivity index (χ1) is 16.2. The van der Waals surface area contributed by atoms with Crippen LogP contribution in [0.25, 0.3) is 0 Å². The molecule has 1 heterocycles. The Morgan fingerprint density at radius 1 is 0.824 bits per heavy atom. The van der Waals surface area contributed by atoms with Crippen LogP contribution in [0.5, 0.6) is 0 Å². The van der Waals surface area contributed by atoms with Crippen LogP contribution in [0.1, 0.15) is 23.2 Å². The van der Waals surface area contributed by atoms with Crippen molar-refractivity contribution in [2.75, 3.05) is 23.1 Å². The molecule has 1 amide bonds. The van der Waals surface area contributed by atoms with Gasteiger partial charge in [0.1, 0.15) is 5.82 Å². The van der Waals surface area contributed by atoms with Gasteiger partial charge in [0.15, 0.2) is 0 Å². The molecule has 0 aromatic heterocycles. The normalized spacial score (nSPS) is 14.6. The summed E-state index contributed by atoms with van der Waals surface area (Å²) in [6, 6.07) is 16.2. The number of nitrogens with one attached hydrogen (secondary N) is 2. The van der Waals surface area contributed by atoms with Crippen molar-refractivity contribution in [2.24, 2.45) is 0 Å². The molecule has 3 aromatic carbocycles. The molecule has 8 nitrogen and oxygen atoms in total. The van der Waals surface area contributed by atoms with E-state index in [0.717, 1.165) is 37.1 Å². The Bertz CT molecular complexity index is 1420. The number of halogens is 1. The zero-order chi connectivity index (χ0) is 24.3. The molecule has 0 atom stereocenters. The summed E-state index contributed by atoms with van der Waals surface area (Å²) in [4.78, 5) is 12.9. The highest BCUT2D eigenvalue weighted by Gasteiger charge is 2.27. The summed E-state index contributed by atoms with van der Waals surface area (Å²) >= 11 is 0. The standard InChI is InChI=1S/C23H22FN3O5S2/c24-17-10-12-19(13-11-17)33(29,30)26-22-9-2-1-8-21(22)23(28)25-18-6-5-7-20(16-18)34(31,32)27-14-3-4-15-27/h1-2,5-13,16,26H,3-4,14-15H2,(H,25,28). The van der Waals surface area contributed by atoms with Gasteiger partial charge in [0, 0.05) is 18.8 Å². The summed E-state index contributed by atoms with van der Waals surface area (Å²) in [7, 11) is -7.74. The van der Waals surface area contributed by atoms with E-state index in [1.54, 1.807) is 18.2 Å². The number of sulfonamides is 2. The van der Waals surface area contributed by atoms with E-state index in [9.17, 15) is 26.0 Å². The molecule has 3 aromatic rings. The third kappa shape index (κ3) is 5.11. The maximum Gasteiger partial charge on any atom is 0.261 e. The van der Waals surface area contributed by atoms with Crippen LogP contribution in [0.3, 0.4) is 0 Å². The first-order valence-electron chi connectivity index (χ1n) is 10.5. The molecule has 1 saturated heterocycles. The largest absolute Gasteiger partial charge is 0.322 e. The van der Waals surface area contributed by atoms with Gasteiger partial charge in [0.25, 0.3) is 15.9 Å². The van der Waals surface area contributed by atoms with Gasteiger partial charge >= 0.3 is 0 Å². The quantitative estimate of drug-likeness (QED) is 0.511. The van der Waals surface area contributed by atoms with Gasteiger partial charge in [0.05, 0.1) is 21.0 Å². The fourth-order valence-electron chi connectivity index (χ4n) is 3.60. The van der Waals surface area contributed by atoms with E-state index in [0.29, 0.717) is 13.1 Å². The average molecular weight is 504 g/mol. The lowest BCUT2D eigenvalue weighted by atomic mass is 10.1. The summed E-state index contributed by atoms with van der Waals surface area (Å²) in [5.74, 6) is -1.21. The van der Waals surface area contributed by atoms with E-state index in [1.807, 2.05) is 0 Å². The Labute approximate surface area is 197 Å². The van der Waals surface area contributed by atoms with Gasteiger partial charge in [0.2, 0.25) is 10.0 Å². The molecule has 178 valence electrons. The van der Waals surface area contributed by atoms with Gasteiger partial charge in [-0.05, 0) is 67.4 Å². The summed E-state index contributed by atoms with van der Waals surface area (Å²) in [5.41, 5.74) is 0.299. The second kappa shape index (κ2) is 9.53. The maximum atomic E-state index is 13.2. The molecule has 0 aliphatic carbocycles. The summed E-state index contributed by atoms with van der Waals surface area (Å²) in [6.45, 7) is 0.918. The molecule has 34 heavy (non-hydrogen) atoms. The highest BCUT2D eigenvalue weighted by atomic mass is 32.2. The highest BCUT2D eigenvalue weighted by molar-refractivity contribution is 7.92. The Kier molecular flexibility index (Phi) is 6.69. The second-order valence-electron chi connectivity index (χ2n) is 7.70. The van der Waals surface area contributed by atoms with Crippen LogP contribution in [0.2, 0.25) is 0 Å². The Morgan fingerprint density at radius 3 is 2.21 bits per heavy atom. The van der Waals surface area contributed by atoms with Crippen LogP contribution < -0.4 is 10.0 Å². The SMILES string of the molecule is O=C(Nc1cccc(S(=O)(=O)N2CCCC2)c1)c1ccccc1NS(=O)(=O)c1ccc(F)cc1. The Morgan fingerprint density at radius 2 is 1.50 bits per heavy atom. The third-order valence-electron chi connectivity index (χ3n) is 5.33. The zero-order valence-electron chi connectivity index (χ0n) is 17.9. The average Bonchev–Trinajstić information content (AvgIpc) is 3.36. The molecule has 11 heteroatoms. The summed E-state index contributed by atoms with van der Waals surface area (Å²) in [5, 5.41) is 2.63. The minimum atomic E-state index is -4.08. The number of hydrogen-bond acceptors (Lipinski definition) is 5. The van der Waals surface area contributed by atoms with Crippen molar-refractivity contribution >= 4 is 37.3 Å². The van der Waals surface area contributed by atoms with Crippen LogP contribution in [-0.2, 0) is 20.0 Å². The number of hydrogen-bond donors (Lipinski definition) is 2. The maximum absolute atomic E-state index is 13.2. The highest BCUT2D eigenvalue weighted by Crippen LogP contribution is 2.25. The van der Waals surface area contributed by atoms with Gasteiger partial charge < -0.3 is 5.32 Å². The van der Waals surface area contributed by atoms with Crippen LogP contribution in [-0.4, -0.2) is 40.1 Å². The van der Waals surface area contributed by atoms with Crippen molar-refractivity contribution in [1.29, 1.82) is 0 Å². The molecule has 1 fully saturated rings. The molecule has 1 aliphatic rings. The van der Waals surface area contributed by atoms with Crippen molar-refractivity contribution in [3.63, 3.8) is 0 Å². The smallest absolute Gasteiger partial charge is 0.261 e. The first kappa shape index (κ1) is 23.9. The molecule has 0 unspecified atom stereocenters. The lowest BCUT2D eigenvalue weighted by Gasteiger charge is -2.16. The van der Waals surface area contributed by atoms with Gasteiger partial charge in [-0.3, -0.25) is 9.52 Å². The lowest BCUT2D eigenvalue weighted by Crippen LogP contribution is -2.28. The molecular weight excluding hydrogens is 481 g/mol. The second-order valence-corrected chi connectivity index (χ2v) is 11.3. The topological polar surface area (TPSA) is 113 Å². The van der Waals surface area contributed by atoms with Crippen molar-refractivity contribution in [2.45, 2.75) is 22.6 Å². The first-order valence-corrected chi connectivity index (χ1v) is 13.4. The van der Waals surface area contributed by atoms with E-state index in [2.05, 4.69) is 10.0 Å². The predicted octanol–water partition coefficient (Wildman–Crippen LogP) is 3.66. The molecule has 0 spiro atoms. The van der Waals surface area contributed by atoms with Crippen molar-refractivity contribution in [3.8, 4) is 0 Å². The van der Waals surface area contributed by atoms with Crippen molar-refractivity contribution < 1.29 is 26.0 Å². The number of benzene rings is 3. The number of nitrogens with zero attached hydrogens (tertiary/aromatic N) is 1. The van der Waals surface area contributed by atoms with Gasteiger partial charge in [-0.25, -0.2) is 21.2 Å². The molecule has 2 N–H and O–H groups in total. The molecule has 1 aliphatic heterocycles. The fraction of sp³-hybridized carbons (Fsp3) is 0.174. The minimum Gasteiger partial charge on any atom is -0.322 e. The third-order valence-corrected chi connectivity index (χ3v) is 8.61. The minimum absolute atomic E-state index is 0.0187.